The van der Waals surface area contributed by atoms with Gasteiger partial charge in [0.2, 0.25) is 5.91 Å². The molecule has 140 valence electrons. The molecule has 1 aliphatic heterocycles. The van der Waals surface area contributed by atoms with Crippen LogP contribution in [0.4, 0.5) is 0 Å². The molecule has 0 saturated heterocycles. The molecule has 0 saturated carbocycles. The van der Waals surface area contributed by atoms with Crippen LogP contribution in [-0.2, 0) is 34.3 Å². The average Bonchev–Trinajstić information content (AvgIpc) is 2.94. The van der Waals surface area contributed by atoms with Crippen molar-refractivity contribution in [3.8, 4) is 0 Å². The first-order valence-electron chi connectivity index (χ1n) is 8.71. The number of sulfone groups is 1. The van der Waals surface area contributed by atoms with Gasteiger partial charge in [0.05, 0.1) is 4.90 Å². The molecule has 0 fully saturated rings. The summed E-state index contributed by atoms with van der Waals surface area (Å²) in [6.07, 6.45) is 3.78. The van der Waals surface area contributed by atoms with Gasteiger partial charge in [-0.15, -0.1) is 0 Å². The third kappa shape index (κ3) is 4.53. The first-order chi connectivity index (χ1) is 12.3. The van der Waals surface area contributed by atoms with E-state index >= 15 is 0 Å². The van der Waals surface area contributed by atoms with Crippen molar-refractivity contribution in [1.82, 2.24) is 14.8 Å². The third-order valence-corrected chi connectivity index (χ3v) is 5.92. The SMILES string of the molecule is CNC(=O)C[C@H]1CN(Cc2ccc(S(C)(=O)=O)cc2)Cc2cccn2C1. The van der Waals surface area contributed by atoms with Gasteiger partial charge in [-0.05, 0) is 35.7 Å². The second-order valence-electron chi connectivity index (χ2n) is 6.98. The zero-order valence-electron chi connectivity index (χ0n) is 15.2. The summed E-state index contributed by atoms with van der Waals surface area (Å²) in [4.78, 5) is 14.5. The monoisotopic (exact) mass is 375 g/mol. The topological polar surface area (TPSA) is 71.4 Å². The lowest BCUT2D eigenvalue weighted by molar-refractivity contribution is -0.121. The fourth-order valence-corrected chi connectivity index (χ4v) is 4.11. The molecule has 7 heteroatoms. The molecule has 1 amide bonds. The molecule has 0 spiro atoms. The number of hydrogen-bond acceptors (Lipinski definition) is 4. The van der Waals surface area contributed by atoms with E-state index in [9.17, 15) is 13.2 Å². The maximum atomic E-state index is 11.8. The van der Waals surface area contributed by atoms with E-state index in [0.717, 1.165) is 31.7 Å². The minimum atomic E-state index is -3.18. The second kappa shape index (κ2) is 7.63. The van der Waals surface area contributed by atoms with Crippen LogP contribution in [0.15, 0.2) is 47.5 Å². The number of aromatic nitrogens is 1. The second-order valence-corrected chi connectivity index (χ2v) is 9.00. The highest BCUT2D eigenvalue weighted by molar-refractivity contribution is 7.90. The normalized spacial score (nSPS) is 18.2. The maximum Gasteiger partial charge on any atom is 0.220 e. The van der Waals surface area contributed by atoms with Gasteiger partial charge in [-0.25, -0.2) is 8.42 Å². The number of carbonyl (C=O) groups is 1. The molecule has 0 bridgehead atoms. The van der Waals surface area contributed by atoms with E-state index in [1.54, 1.807) is 19.2 Å². The van der Waals surface area contributed by atoms with Gasteiger partial charge in [-0.3, -0.25) is 9.69 Å². The van der Waals surface area contributed by atoms with Gasteiger partial charge in [0.1, 0.15) is 0 Å². The summed E-state index contributed by atoms with van der Waals surface area (Å²) in [5, 5.41) is 2.71. The lowest BCUT2D eigenvalue weighted by Gasteiger charge is -2.23. The summed E-state index contributed by atoms with van der Waals surface area (Å²) in [6.45, 7) is 3.19. The molecule has 2 heterocycles. The van der Waals surface area contributed by atoms with Crippen molar-refractivity contribution < 1.29 is 13.2 Å². The van der Waals surface area contributed by atoms with Crippen LogP contribution < -0.4 is 5.32 Å². The van der Waals surface area contributed by atoms with Crippen LogP contribution in [0.25, 0.3) is 0 Å². The largest absolute Gasteiger partial charge is 0.359 e. The van der Waals surface area contributed by atoms with Crippen molar-refractivity contribution in [2.45, 2.75) is 31.0 Å². The predicted molar refractivity (Wildman–Crippen MR) is 100 cm³/mol. The van der Waals surface area contributed by atoms with Gasteiger partial charge >= 0.3 is 0 Å². The molecule has 1 aromatic heterocycles. The highest BCUT2D eigenvalue weighted by Crippen LogP contribution is 2.21. The van der Waals surface area contributed by atoms with Crippen LogP contribution in [0.1, 0.15) is 17.7 Å². The summed E-state index contributed by atoms with van der Waals surface area (Å²) in [5.74, 6) is 0.293. The summed E-state index contributed by atoms with van der Waals surface area (Å²) in [7, 11) is -1.51. The Morgan fingerprint density at radius 3 is 2.58 bits per heavy atom. The quantitative estimate of drug-likeness (QED) is 0.863. The smallest absolute Gasteiger partial charge is 0.220 e. The molecule has 2 aromatic rings. The molecule has 0 radical (unpaired) electrons. The van der Waals surface area contributed by atoms with E-state index in [1.165, 1.54) is 11.9 Å². The summed E-state index contributed by atoms with van der Waals surface area (Å²) < 4.78 is 25.4. The standard InChI is InChI=1S/C19H25N3O3S/c1-20-19(23)10-16-12-21(14-17-4-3-9-22(17)13-16)11-15-5-7-18(8-6-15)26(2,24)25/h3-9,16H,10-14H2,1-2H3,(H,20,23)/t16-/m0/s1. The predicted octanol–water partition coefficient (Wildman–Crippen LogP) is 1.66. The van der Waals surface area contributed by atoms with E-state index in [1.807, 2.05) is 18.2 Å². The van der Waals surface area contributed by atoms with Gasteiger partial charge in [0.25, 0.3) is 0 Å². The van der Waals surface area contributed by atoms with Crippen molar-refractivity contribution >= 4 is 15.7 Å². The number of carbonyl (C=O) groups excluding carboxylic acids is 1. The molecular weight excluding hydrogens is 350 g/mol. The Balaban J connectivity index is 1.76. The minimum Gasteiger partial charge on any atom is -0.359 e. The number of amides is 1. The van der Waals surface area contributed by atoms with Crippen molar-refractivity contribution in [3.05, 3.63) is 53.9 Å². The number of hydrogen-bond donors (Lipinski definition) is 1. The first-order valence-corrected chi connectivity index (χ1v) is 10.6. The van der Waals surface area contributed by atoms with Gasteiger partial charge < -0.3 is 9.88 Å². The van der Waals surface area contributed by atoms with E-state index < -0.39 is 9.84 Å². The molecule has 3 rings (SSSR count). The molecule has 0 aliphatic carbocycles. The summed E-state index contributed by atoms with van der Waals surface area (Å²) in [5.41, 5.74) is 2.30. The Hall–Kier alpha value is -2.12. The fraction of sp³-hybridized carbons (Fsp3) is 0.421. The van der Waals surface area contributed by atoms with Crippen LogP contribution in [0.5, 0.6) is 0 Å². The first kappa shape index (κ1) is 18.7. The zero-order chi connectivity index (χ0) is 18.7. The minimum absolute atomic E-state index is 0.0584. The number of nitrogens with zero attached hydrogens (tertiary/aromatic N) is 2. The Bertz CT molecular complexity index is 872. The van der Waals surface area contributed by atoms with Gasteiger partial charge in [-0.1, -0.05) is 12.1 Å². The lowest BCUT2D eigenvalue weighted by Crippen LogP contribution is -2.31. The molecule has 1 N–H and O–H groups in total. The van der Waals surface area contributed by atoms with Crippen LogP contribution in [0.3, 0.4) is 0 Å². The van der Waals surface area contributed by atoms with E-state index in [2.05, 4.69) is 27.0 Å². The van der Waals surface area contributed by atoms with Crippen LogP contribution >= 0.6 is 0 Å². The Labute approximate surface area is 154 Å². The lowest BCUT2D eigenvalue weighted by atomic mass is 10.0. The van der Waals surface area contributed by atoms with Crippen LogP contribution in [0.2, 0.25) is 0 Å². The molecule has 6 nitrogen and oxygen atoms in total. The van der Waals surface area contributed by atoms with E-state index in [0.29, 0.717) is 11.3 Å². The highest BCUT2D eigenvalue weighted by atomic mass is 32.2. The number of fused-ring (bicyclic) bond motifs is 1. The Morgan fingerprint density at radius 2 is 1.92 bits per heavy atom. The van der Waals surface area contributed by atoms with Gasteiger partial charge in [-0.2, -0.15) is 0 Å². The molecule has 1 aliphatic rings. The van der Waals surface area contributed by atoms with E-state index in [4.69, 9.17) is 0 Å². The van der Waals surface area contributed by atoms with Crippen LogP contribution in [-0.4, -0.2) is 43.6 Å². The average molecular weight is 375 g/mol. The number of nitrogens with one attached hydrogen (secondary N) is 1. The fourth-order valence-electron chi connectivity index (χ4n) is 3.48. The van der Waals surface area contributed by atoms with Crippen molar-refractivity contribution in [2.75, 3.05) is 19.8 Å². The Kier molecular flexibility index (Phi) is 5.48. The summed E-state index contributed by atoms with van der Waals surface area (Å²) in [6, 6.07) is 11.2. The van der Waals surface area contributed by atoms with Crippen molar-refractivity contribution in [1.29, 1.82) is 0 Å². The molecule has 26 heavy (non-hydrogen) atoms. The zero-order valence-corrected chi connectivity index (χ0v) is 16.0. The van der Waals surface area contributed by atoms with Gasteiger partial charge in [0, 0.05) is 57.8 Å². The van der Waals surface area contributed by atoms with Gasteiger partial charge in [0.15, 0.2) is 9.84 Å². The number of rotatable bonds is 5. The maximum absolute atomic E-state index is 11.8. The van der Waals surface area contributed by atoms with E-state index in [-0.39, 0.29) is 11.8 Å². The van der Waals surface area contributed by atoms with Crippen molar-refractivity contribution in [3.63, 3.8) is 0 Å². The van der Waals surface area contributed by atoms with Crippen molar-refractivity contribution in [2.24, 2.45) is 5.92 Å². The third-order valence-electron chi connectivity index (χ3n) is 4.79. The molecule has 1 aromatic carbocycles. The number of benzene rings is 1. The Morgan fingerprint density at radius 1 is 1.19 bits per heavy atom. The molecular formula is C19H25N3O3S. The molecule has 1 atom stereocenters. The molecule has 0 unspecified atom stereocenters. The summed E-state index contributed by atoms with van der Waals surface area (Å²) >= 11 is 0. The highest BCUT2D eigenvalue weighted by Gasteiger charge is 2.23. The van der Waals surface area contributed by atoms with Crippen LogP contribution in [0, 0.1) is 5.92 Å².